The van der Waals surface area contributed by atoms with Crippen LogP contribution in [0.25, 0.3) is 17.0 Å². The number of carbonyl (C=O) groups is 2. The topological polar surface area (TPSA) is 103 Å². The summed E-state index contributed by atoms with van der Waals surface area (Å²) in [6, 6.07) is 31.7. The monoisotopic (exact) mass is 543 g/mol. The first-order chi connectivity index (χ1) is 20.0. The summed E-state index contributed by atoms with van der Waals surface area (Å²) in [7, 11) is 0. The summed E-state index contributed by atoms with van der Waals surface area (Å²) in [5.41, 5.74) is 3.69. The number of benzene rings is 4. The predicted octanol–water partition coefficient (Wildman–Crippen LogP) is 5.75. The van der Waals surface area contributed by atoms with Gasteiger partial charge in [0.25, 0.3) is 0 Å². The van der Waals surface area contributed by atoms with E-state index in [9.17, 15) is 19.8 Å². The van der Waals surface area contributed by atoms with Crippen LogP contribution in [-0.2, 0) is 22.7 Å². The summed E-state index contributed by atoms with van der Waals surface area (Å²) in [6.45, 7) is 0.472. The molecule has 1 atom stereocenters. The zero-order valence-electron chi connectivity index (χ0n) is 22.2. The van der Waals surface area contributed by atoms with E-state index in [0.717, 1.165) is 16.5 Å². The first-order valence-electron chi connectivity index (χ1n) is 13.2. The summed E-state index contributed by atoms with van der Waals surface area (Å²) in [5.74, 6) is -1.27. The number of hydrogen-bond acceptors (Lipinski definition) is 5. The van der Waals surface area contributed by atoms with Crippen molar-refractivity contribution in [1.82, 2.24) is 15.2 Å². The van der Waals surface area contributed by atoms with Crippen molar-refractivity contribution in [1.29, 1.82) is 0 Å². The van der Waals surface area contributed by atoms with Crippen LogP contribution < -0.4 is 5.32 Å². The highest BCUT2D eigenvalue weighted by molar-refractivity contribution is 5.98. The molecule has 7 nitrogen and oxygen atoms in total. The number of hydrogen-bond donors (Lipinski definition) is 3. The van der Waals surface area contributed by atoms with Crippen molar-refractivity contribution in [2.24, 2.45) is 0 Å². The number of phenols is 2. The summed E-state index contributed by atoms with van der Waals surface area (Å²) < 4.78 is 0. The van der Waals surface area contributed by atoms with Crippen LogP contribution in [0.1, 0.15) is 28.3 Å². The van der Waals surface area contributed by atoms with Crippen LogP contribution in [0.2, 0.25) is 0 Å². The number of para-hydroxylation sites is 1. The van der Waals surface area contributed by atoms with Gasteiger partial charge in [0.05, 0.1) is 5.52 Å². The molecule has 5 aromatic rings. The van der Waals surface area contributed by atoms with Crippen molar-refractivity contribution >= 4 is 28.8 Å². The average molecular weight is 544 g/mol. The van der Waals surface area contributed by atoms with Gasteiger partial charge in [-0.3, -0.25) is 14.6 Å². The minimum atomic E-state index is -0.975. The number of nitrogens with one attached hydrogen (secondary N) is 1. The second kappa shape index (κ2) is 12.6. The average Bonchev–Trinajstić information content (AvgIpc) is 3.01. The van der Waals surface area contributed by atoms with E-state index in [1.807, 2.05) is 84.9 Å². The van der Waals surface area contributed by atoms with Crippen LogP contribution in [0.5, 0.6) is 11.5 Å². The molecule has 1 heterocycles. The van der Waals surface area contributed by atoms with Gasteiger partial charge in [0, 0.05) is 30.7 Å². The fraction of sp³-hybridized carbons (Fsp3) is 0.0882. The summed E-state index contributed by atoms with van der Waals surface area (Å²) in [4.78, 5) is 34.0. The predicted molar refractivity (Wildman–Crippen MR) is 159 cm³/mol. The Bertz CT molecular complexity index is 1680. The molecule has 7 heteroatoms. The number of pyridine rings is 1. The maximum atomic E-state index is 14.0. The maximum Gasteiger partial charge on any atom is 0.247 e. The lowest BCUT2D eigenvalue weighted by Crippen LogP contribution is -2.42. The van der Waals surface area contributed by atoms with Crippen molar-refractivity contribution < 1.29 is 19.8 Å². The Kier molecular flexibility index (Phi) is 8.35. The number of amides is 2. The Hall–Kier alpha value is -5.43. The first kappa shape index (κ1) is 27.1. The maximum absolute atomic E-state index is 14.0. The van der Waals surface area contributed by atoms with Gasteiger partial charge in [0.2, 0.25) is 11.8 Å². The molecule has 3 N–H and O–H groups in total. The van der Waals surface area contributed by atoms with E-state index in [1.54, 1.807) is 24.4 Å². The molecule has 4 aromatic carbocycles. The second-order valence-electron chi connectivity index (χ2n) is 9.56. The van der Waals surface area contributed by atoms with Crippen molar-refractivity contribution in [3.05, 3.63) is 144 Å². The molecule has 2 amide bonds. The fourth-order valence-electron chi connectivity index (χ4n) is 4.67. The van der Waals surface area contributed by atoms with Crippen molar-refractivity contribution in [3.63, 3.8) is 0 Å². The largest absolute Gasteiger partial charge is 0.504 e. The molecule has 0 bridgehead atoms. The van der Waals surface area contributed by atoms with Crippen LogP contribution in [0.3, 0.4) is 0 Å². The van der Waals surface area contributed by atoms with Gasteiger partial charge >= 0.3 is 0 Å². The van der Waals surface area contributed by atoms with Gasteiger partial charge in [-0.25, -0.2) is 0 Å². The summed E-state index contributed by atoms with van der Waals surface area (Å²) in [5, 5.41) is 23.4. The molecule has 0 aliphatic heterocycles. The van der Waals surface area contributed by atoms with Crippen molar-refractivity contribution in [2.75, 3.05) is 0 Å². The number of fused-ring (bicyclic) bond motifs is 1. The van der Waals surface area contributed by atoms with Crippen LogP contribution in [0, 0.1) is 0 Å². The zero-order chi connectivity index (χ0) is 28.6. The molecule has 0 saturated heterocycles. The Labute approximate surface area is 238 Å². The molecule has 0 aliphatic rings. The smallest absolute Gasteiger partial charge is 0.247 e. The van der Waals surface area contributed by atoms with Crippen LogP contribution in [0.15, 0.2) is 121 Å². The van der Waals surface area contributed by atoms with Gasteiger partial charge in [-0.05, 0) is 52.6 Å². The molecule has 0 aliphatic carbocycles. The van der Waals surface area contributed by atoms with Gasteiger partial charge in [0.1, 0.15) is 6.04 Å². The number of nitrogens with zero attached hydrogens (tertiary/aromatic N) is 2. The van der Waals surface area contributed by atoms with Crippen molar-refractivity contribution in [3.8, 4) is 11.5 Å². The van der Waals surface area contributed by atoms with E-state index in [4.69, 9.17) is 0 Å². The molecule has 1 unspecified atom stereocenters. The van der Waals surface area contributed by atoms with E-state index in [2.05, 4.69) is 10.3 Å². The molecular formula is C34H29N3O4. The highest BCUT2D eigenvalue weighted by atomic mass is 16.3. The van der Waals surface area contributed by atoms with E-state index < -0.39 is 11.9 Å². The number of carbonyl (C=O) groups excluding carboxylic acids is 2. The lowest BCUT2D eigenvalue weighted by atomic mass is 9.98. The third-order valence-electron chi connectivity index (χ3n) is 6.74. The van der Waals surface area contributed by atoms with Gasteiger partial charge in [-0.1, -0.05) is 84.9 Å². The molecule has 1 aromatic heterocycles. The molecule has 204 valence electrons. The fourth-order valence-corrected chi connectivity index (χ4v) is 4.67. The first-order valence-corrected chi connectivity index (χ1v) is 13.2. The van der Waals surface area contributed by atoms with Gasteiger partial charge in [-0.15, -0.1) is 0 Å². The molecule has 0 radical (unpaired) electrons. The molecule has 0 saturated carbocycles. The number of aromatic nitrogens is 1. The standard InChI is InChI=1S/C34H29N3O4/c38-30-17-15-24(21-31(30)39)16-18-32(40)37(23-26-11-5-2-6-12-26)33(34(41)36-22-25-9-3-1-4-10-25)28-19-20-35-29-14-8-7-13-27(28)29/h1-21,33,38-39H,22-23H2,(H,36,41)/b18-16+. The Morgan fingerprint density at radius 2 is 1.49 bits per heavy atom. The van der Waals surface area contributed by atoms with Crippen LogP contribution in [0.4, 0.5) is 0 Å². The van der Waals surface area contributed by atoms with Gasteiger partial charge < -0.3 is 20.4 Å². The molecule has 0 fully saturated rings. The number of phenolic OH excluding ortho intramolecular Hbond substituents is 2. The number of aromatic hydroxyl groups is 2. The van der Waals surface area contributed by atoms with Gasteiger partial charge in [-0.2, -0.15) is 0 Å². The SMILES string of the molecule is O=C(NCc1ccccc1)C(c1ccnc2ccccc12)N(Cc1ccccc1)C(=O)/C=C/c1ccc(O)c(O)c1. The highest BCUT2D eigenvalue weighted by Crippen LogP contribution is 2.30. The summed E-state index contributed by atoms with van der Waals surface area (Å²) in [6.07, 6.45) is 4.56. The summed E-state index contributed by atoms with van der Waals surface area (Å²) >= 11 is 0. The second-order valence-corrected chi connectivity index (χ2v) is 9.56. The normalized spacial score (nSPS) is 11.8. The van der Waals surface area contributed by atoms with E-state index in [1.165, 1.54) is 23.1 Å². The van der Waals surface area contributed by atoms with Gasteiger partial charge in [0.15, 0.2) is 11.5 Å². The van der Waals surface area contributed by atoms with Crippen molar-refractivity contribution in [2.45, 2.75) is 19.1 Å². The van der Waals surface area contributed by atoms with E-state index in [-0.39, 0.29) is 24.0 Å². The Balaban J connectivity index is 1.57. The Morgan fingerprint density at radius 3 is 2.22 bits per heavy atom. The lowest BCUT2D eigenvalue weighted by molar-refractivity contribution is -0.138. The third-order valence-corrected chi connectivity index (χ3v) is 6.74. The minimum absolute atomic E-state index is 0.172. The highest BCUT2D eigenvalue weighted by Gasteiger charge is 2.32. The van der Waals surface area contributed by atoms with E-state index in [0.29, 0.717) is 23.2 Å². The molecule has 41 heavy (non-hydrogen) atoms. The molecule has 0 spiro atoms. The number of rotatable bonds is 9. The van der Waals surface area contributed by atoms with Crippen LogP contribution >= 0.6 is 0 Å². The Morgan fingerprint density at radius 1 is 0.805 bits per heavy atom. The quantitative estimate of drug-likeness (QED) is 0.162. The zero-order valence-corrected chi connectivity index (χ0v) is 22.2. The molecular weight excluding hydrogens is 514 g/mol. The third kappa shape index (κ3) is 6.59. The van der Waals surface area contributed by atoms with E-state index >= 15 is 0 Å². The lowest BCUT2D eigenvalue weighted by Gasteiger charge is -2.31. The molecule has 5 rings (SSSR count). The van der Waals surface area contributed by atoms with Crippen LogP contribution in [-0.4, -0.2) is 31.9 Å². The minimum Gasteiger partial charge on any atom is -0.504 e.